The van der Waals surface area contributed by atoms with Gasteiger partial charge < -0.3 is 10.1 Å². The van der Waals surface area contributed by atoms with E-state index in [1.165, 1.54) is 5.56 Å². The zero-order valence-corrected chi connectivity index (χ0v) is 15.7. The van der Waals surface area contributed by atoms with Crippen molar-refractivity contribution in [1.82, 2.24) is 4.90 Å². The van der Waals surface area contributed by atoms with Crippen LogP contribution in [0.2, 0.25) is 0 Å². The van der Waals surface area contributed by atoms with Crippen LogP contribution in [0.15, 0.2) is 54.6 Å². The number of anilines is 1. The van der Waals surface area contributed by atoms with E-state index in [2.05, 4.69) is 10.2 Å². The van der Waals surface area contributed by atoms with E-state index in [9.17, 15) is 4.79 Å². The van der Waals surface area contributed by atoms with Gasteiger partial charge in [-0.05, 0) is 44.4 Å². The number of nitrogens with zero attached hydrogens (tertiary/aromatic N) is 1. The smallest absolute Gasteiger partial charge is 0.246 e. The molecule has 0 aliphatic carbocycles. The van der Waals surface area contributed by atoms with E-state index in [0.717, 1.165) is 43.8 Å². The zero-order valence-electron chi connectivity index (χ0n) is 15.7. The van der Waals surface area contributed by atoms with Crippen molar-refractivity contribution >= 4 is 11.6 Å². The molecular weight excluding hydrogens is 324 g/mol. The van der Waals surface area contributed by atoms with Gasteiger partial charge in [0.25, 0.3) is 0 Å². The van der Waals surface area contributed by atoms with Crippen molar-refractivity contribution in [3.63, 3.8) is 0 Å². The van der Waals surface area contributed by atoms with Crippen molar-refractivity contribution in [3.05, 3.63) is 65.7 Å². The maximum absolute atomic E-state index is 13.1. The SMILES string of the molecule is CCOC1CCN(C(C(=O)Nc2ccc(C)cc2)c2ccccc2)CC1. The van der Waals surface area contributed by atoms with Crippen LogP contribution in [-0.2, 0) is 9.53 Å². The molecule has 0 spiro atoms. The Morgan fingerprint density at radius 3 is 2.38 bits per heavy atom. The second kappa shape index (κ2) is 8.97. The van der Waals surface area contributed by atoms with Gasteiger partial charge in [-0.1, -0.05) is 48.0 Å². The first-order valence-corrected chi connectivity index (χ1v) is 9.45. The third kappa shape index (κ3) is 4.71. The lowest BCUT2D eigenvalue weighted by Crippen LogP contribution is -2.43. The highest BCUT2D eigenvalue weighted by Gasteiger charge is 2.31. The Balaban J connectivity index is 1.75. The molecule has 0 bridgehead atoms. The fraction of sp³-hybridized carbons (Fsp3) is 0.409. The second-order valence-corrected chi connectivity index (χ2v) is 6.86. The number of benzene rings is 2. The lowest BCUT2D eigenvalue weighted by Gasteiger charge is -2.36. The van der Waals surface area contributed by atoms with E-state index in [4.69, 9.17) is 4.74 Å². The molecule has 1 aliphatic heterocycles. The molecule has 2 aromatic rings. The molecule has 1 heterocycles. The average molecular weight is 352 g/mol. The molecule has 1 fully saturated rings. The summed E-state index contributed by atoms with van der Waals surface area (Å²) < 4.78 is 5.76. The predicted molar refractivity (Wildman–Crippen MR) is 105 cm³/mol. The maximum Gasteiger partial charge on any atom is 0.246 e. The van der Waals surface area contributed by atoms with E-state index in [-0.39, 0.29) is 11.9 Å². The highest BCUT2D eigenvalue weighted by molar-refractivity contribution is 5.95. The van der Waals surface area contributed by atoms with E-state index >= 15 is 0 Å². The van der Waals surface area contributed by atoms with Gasteiger partial charge in [0.15, 0.2) is 0 Å². The van der Waals surface area contributed by atoms with Gasteiger partial charge in [-0.25, -0.2) is 0 Å². The summed E-state index contributed by atoms with van der Waals surface area (Å²) in [5.41, 5.74) is 3.05. The maximum atomic E-state index is 13.1. The first kappa shape index (κ1) is 18.6. The van der Waals surface area contributed by atoms with Crippen LogP contribution in [0, 0.1) is 6.92 Å². The summed E-state index contributed by atoms with van der Waals surface area (Å²) in [6.45, 7) is 6.56. The topological polar surface area (TPSA) is 41.6 Å². The number of carbonyl (C=O) groups is 1. The Bertz CT molecular complexity index is 692. The van der Waals surface area contributed by atoms with Gasteiger partial charge >= 0.3 is 0 Å². The summed E-state index contributed by atoms with van der Waals surface area (Å²) in [5.74, 6) is 0.0231. The third-order valence-corrected chi connectivity index (χ3v) is 4.93. The fourth-order valence-electron chi connectivity index (χ4n) is 3.55. The molecule has 2 aromatic carbocycles. The summed E-state index contributed by atoms with van der Waals surface area (Å²) in [4.78, 5) is 15.4. The van der Waals surface area contributed by atoms with E-state index in [1.807, 2.05) is 68.4 Å². The molecule has 4 heteroatoms. The zero-order chi connectivity index (χ0) is 18.4. The number of amides is 1. The van der Waals surface area contributed by atoms with Crippen LogP contribution in [0.5, 0.6) is 0 Å². The molecule has 1 saturated heterocycles. The number of carbonyl (C=O) groups excluding carboxylic acids is 1. The summed E-state index contributed by atoms with van der Waals surface area (Å²) in [6, 6.07) is 17.7. The van der Waals surface area contributed by atoms with Gasteiger partial charge in [0, 0.05) is 25.4 Å². The van der Waals surface area contributed by atoms with Gasteiger partial charge in [-0.15, -0.1) is 0 Å². The molecule has 4 nitrogen and oxygen atoms in total. The minimum Gasteiger partial charge on any atom is -0.378 e. The highest BCUT2D eigenvalue weighted by atomic mass is 16.5. The summed E-state index contributed by atoms with van der Waals surface area (Å²) >= 11 is 0. The number of likely N-dealkylation sites (tertiary alicyclic amines) is 1. The van der Waals surface area contributed by atoms with Gasteiger partial charge in [0.2, 0.25) is 5.91 Å². The van der Waals surface area contributed by atoms with Crippen LogP contribution < -0.4 is 5.32 Å². The highest BCUT2D eigenvalue weighted by Crippen LogP contribution is 2.27. The van der Waals surface area contributed by atoms with Crippen molar-refractivity contribution in [3.8, 4) is 0 Å². The molecule has 0 saturated carbocycles. The molecule has 1 amide bonds. The van der Waals surface area contributed by atoms with Crippen LogP contribution in [-0.4, -0.2) is 36.6 Å². The Labute approximate surface area is 156 Å². The standard InChI is InChI=1S/C22H28N2O2/c1-3-26-20-13-15-24(16-14-20)21(18-7-5-4-6-8-18)22(25)23-19-11-9-17(2)10-12-19/h4-12,20-21H,3,13-16H2,1-2H3,(H,23,25). The summed E-state index contributed by atoms with van der Waals surface area (Å²) in [7, 11) is 0. The number of hydrogen-bond donors (Lipinski definition) is 1. The van der Waals surface area contributed by atoms with Gasteiger partial charge in [0.05, 0.1) is 6.10 Å². The molecule has 1 aliphatic rings. The number of hydrogen-bond acceptors (Lipinski definition) is 3. The predicted octanol–water partition coefficient (Wildman–Crippen LogP) is 4.18. The monoisotopic (exact) mass is 352 g/mol. The Morgan fingerprint density at radius 2 is 1.77 bits per heavy atom. The van der Waals surface area contributed by atoms with Crippen molar-refractivity contribution in [1.29, 1.82) is 0 Å². The van der Waals surface area contributed by atoms with Crippen LogP contribution in [0.25, 0.3) is 0 Å². The van der Waals surface area contributed by atoms with E-state index in [0.29, 0.717) is 6.10 Å². The van der Waals surface area contributed by atoms with Crippen molar-refractivity contribution < 1.29 is 9.53 Å². The summed E-state index contributed by atoms with van der Waals surface area (Å²) in [6.07, 6.45) is 2.25. The van der Waals surface area contributed by atoms with Crippen molar-refractivity contribution in [2.75, 3.05) is 25.0 Å². The number of piperidine rings is 1. The Kier molecular flexibility index (Phi) is 6.42. The normalized spacial score (nSPS) is 17.0. The van der Waals surface area contributed by atoms with E-state index < -0.39 is 0 Å². The van der Waals surface area contributed by atoms with Gasteiger partial charge in [0.1, 0.15) is 6.04 Å². The quantitative estimate of drug-likeness (QED) is 0.848. The molecule has 1 N–H and O–H groups in total. The summed E-state index contributed by atoms with van der Waals surface area (Å²) in [5, 5.41) is 3.09. The lowest BCUT2D eigenvalue weighted by molar-refractivity contribution is -0.122. The number of ether oxygens (including phenoxy) is 1. The van der Waals surface area contributed by atoms with Crippen molar-refractivity contribution in [2.45, 2.75) is 38.8 Å². The molecule has 0 aromatic heterocycles. The minimum atomic E-state index is -0.278. The van der Waals surface area contributed by atoms with Crippen LogP contribution in [0.1, 0.15) is 36.9 Å². The van der Waals surface area contributed by atoms with Crippen molar-refractivity contribution in [2.24, 2.45) is 0 Å². The molecule has 3 rings (SSSR count). The Hall–Kier alpha value is -2.17. The molecule has 138 valence electrons. The van der Waals surface area contributed by atoms with Gasteiger partial charge in [-0.3, -0.25) is 9.69 Å². The van der Waals surface area contributed by atoms with Crippen LogP contribution >= 0.6 is 0 Å². The molecule has 26 heavy (non-hydrogen) atoms. The molecule has 1 atom stereocenters. The van der Waals surface area contributed by atoms with Crippen LogP contribution in [0.3, 0.4) is 0 Å². The first-order valence-electron chi connectivity index (χ1n) is 9.45. The Morgan fingerprint density at radius 1 is 1.12 bits per heavy atom. The van der Waals surface area contributed by atoms with Gasteiger partial charge in [-0.2, -0.15) is 0 Å². The average Bonchev–Trinajstić information content (AvgIpc) is 2.66. The number of nitrogens with one attached hydrogen (secondary N) is 1. The minimum absolute atomic E-state index is 0.0231. The first-order chi connectivity index (χ1) is 12.7. The fourth-order valence-corrected chi connectivity index (χ4v) is 3.55. The molecule has 0 radical (unpaired) electrons. The largest absolute Gasteiger partial charge is 0.378 e. The molecule has 1 unspecified atom stereocenters. The number of rotatable bonds is 6. The third-order valence-electron chi connectivity index (χ3n) is 4.93. The second-order valence-electron chi connectivity index (χ2n) is 6.86. The lowest BCUT2D eigenvalue weighted by atomic mass is 9.99. The molecular formula is C22H28N2O2. The van der Waals surface area contributed by atoms with Crippen LogP contribution in [0.4, 0.5) is 5.69 Å². The van der Waals surface area contributed by atoms with E-state index in [1.54, 1.807) is 0 Å². The number of aryl methyl sites for hydroxylation is 1.